The smallest absolute Gasteiger partial charge is 0.289 e. The van der Waals surface area contributed by atoms with E-state index in [0.717, 1.165) is 23.9 Å². The van der Waals surface area contributed by atoms with Crippen LogP contribution in [0.4, 0.5) is 0 Å². The highest BCUT2D eigenvalue weighted by molar-refractivity contribution is 5.94. The number of imidazole rings is 1. The average Bonchev–Trinajstić information content (AvgIpc) is 3.00. The minimum Gasteiger partial charge on any atom is -0.396 e. The molecule has 0 bridgehead atoms. The van der Waals surface area contributed by atoms with Crippen LogP contribution in [0.5, 0.6) is 0 Å². The van der Waals surface area contributed by atoms with E-state index in [1.165, 1.54) is 0 Å². The number of nitrogens with zero attached hydrogens (tertiary/aromatic N) is 2. The third-order valence-corrected chi connectivity index (χ3v) is 4.92. The fourth-order valence-electron chi connectivity index (χ4n) is 3.46. The number of benzene rings is 1. The van der Waals surface area contributed by atoms with E-state index in [1.54, 1.807) is 4.90 Å². The van der Waals surface area contributed by atoms with Crippen LogP contribution in [0.2, 0.25) is 0 Å². The maximum atomic E-state index is 12.6. The molecule has 1 amide bonds. The monoisotopic (exact) mass is 317 g/mol. The number of hydrogen-bond acceptors (Lipinski definition) is 4. The third kappa shape index (κ3) is 2.84. The lowest BCUT2D eigenvalue weighted by Crippen LogP contribution is -2.54. The van der Waals surface area contributed by atoms with Gasteiger partial charge in [-0.05, 0) is 25.0 Å². The van der Waals surface area contributed by atoms with Crippen molar-refractivity contribution in [1.29, 1.82) is 0 Å². The van der Waals surface area contributed by atoms with E-state index in [4.69, 9.17) is 0 Å². The van der Waals surface area contributed by atoms with Gasteiger partial charge in [0.25, 0.3) is 5.91 Å². The summed E-state index contributed by atoms with van der Waals surface area (Å²) in [6, 6.07) is 7.50. The molecule has 0 radical (unpaired) electrons. The van der Waals surface area contributed by atoms with Gasteiger partial charge in [-0.1, -0.05) is 25.5 Å². The molecule has 0 aliphatic carbocycles. The van der Waals surface area contributed by atoms with Gasteiger partial charge in [0.2, 0.25) is 0 Å². The van der Waals surface area contributed by atoms with Crippen LogP contribution in [0.3, 0.4) is 0 Å². The number of aliphatic hydroxyl groups excluding tert-OH is 2. The highest BCUT2D eigenvalue weighted by Crippen LogP contribution is 2.36. The van der Waals surface area contributed by atoms with Crippen molar-refractivity contribution in [1.82, 2.24) is 14.9 Å². The molecule has 2 heterocycles. The number of amides is 1. The SMILES string of the molecule is CCC[C@]1(CO)CCN(C(=O)c2nc3ccccc3[nH]2)C[C@@H]1O. The zero-order valence-electron chi connectivity index (χ0n) is 13.3. The Hall–Kier alpha value is -1.92. The summed E-state index contributed by atoms with van der Waals surface area (Å²) >= 11 is 0. The summed E-state index contributed by atoms with van der Waals surface area (Å²) in [7, 11) is 0. The van der Waals surface area contributed by atoms with Crippen molar-refractivity contribution in [3.63, 3.8) is 0 Å². The van der Waals surface area contributed by atoms with Gasteiger partial charge in [-0.15, -0.1) is 0 Å². The van der Waals surface area contributed by atoms with Crippen LogP contribution in [0.1, 0.15) is 36.8 Å². The molecule has 1 aromatic heterocycles. The lowest BCUT2D eigenvalue weighted by Gasteiger charge is -2.44. The quantitative estimate of drug-likeness (QED) is 0.798. The topological polar surface area (TPSA) is 89.5 Å². The molecular weight excluding hydrogens is 294 g/mol. The van der Waals surface area contributed by atoms with Gasteiger partial charge < -0.3 is 20.1 Å². The molecule has 3 N–H and O–H groups in total. The fourth-order valence-corrected chi connectivity index (χ4v) is 3.46. The first-order valence-electron chi connectivity index (χ1n) is 8.12. The normalized spacial score (nSPS) is 25.0. The predicted octanol–water partition coefficient (Wildman–Crippen LogP) is 1.55. The molecule has 0 unspecified atom stereocenters. The largest absolute Gasteiger partial charge is 0.396 e. The Morgan fingerprint density at radius 2 is 2.26 bits per heavy atom. The molecule has 124 valence electrons. The standard InChI is InChI=1S/C17H23N3O3/c1-2-7-17(11-21)8-9-20(10-14(17)22)16(23)15-18-12-5-3-4-6-13(12)19-15/h3-6,14,21-22H,2,7-11H2,1H3,(H,18,19)/t14-,17+/m0/s1. The number of carbonyl (C=O) groups excluding carboxylic acids is 1. The number of β-amino-alcohol motifs (C(OH)–C–C–N with tert-alkyl or cyclic N) is 1. The fraction of sp³-hybridized carbons (Fsp3) is 0.529. The van der Waals surface area contributed by atoms with Gasteiger partial charge in [0, 0.05) is 18.5 Å². The Labute approximate surface area is 135 Å². The second-order valence-corrected chi connectivity index (χ2v) is 6.39. The van der Waals surface area contributed by atoms with E-state index in [1.807, 2.05) is 31.2 Å². The number of nitrogens with one attached hydrogen (secondary N) is 1. The number of likely N-dealkylation sites (tertiary alicyclic amines) is 1. The Morgan fingerprint density at radius 1 is 1.48 bits per heavy atom. The number of carbonyl (C=O) groups is 1. The predicted molar refractivity (Wildman–Crippen MR) is 87.0 cm³/mol. The summed E-state index contributed by atoms with van der Waals surface area (Å²) in [5, 5.41) is 20.2. The molecule has 1 fully saturated rings. The lowest BCUT2D eigenvalue weighted by molar-refractivity contribution is -0.0714. The van der Waals surface area contributed by atoms with Gasteiger partial charge in [0.05, 0.1) is 23.7 Å². The first kappa shape index (κ1) is 16.0. The third-order valence-electron chi connectivity index (χ3n) is 4.92. The Balaban J connectivity index is 1.77. The van der Waals surface area contributed by atoms with Crippen LogP contribution < -0.4 is 0 Å². The molecular formula is C17H23N3O3. The van der Waals surface area contributed by atoms with Crippen molar-refractivity contribution < 1.29 is 15.0 Å². The van der Waals surface area contributed by atoms with E-state index in [-0.39, 0.29) is 19.1 Å². The van der Waals surface area contributed by atoms with Crippen molar-refractivity contribution in [2.45, 2.75) is 32.3 Å². The molecule has 1 aliphatic rings. The molecule has 1 saturated heterocycles. The zero-order valence-corrected chi connectivity index (χ0v) is 13.3. The van der Waals surface area contributed by atoms with Crippen molar-refractivity contribution >= 4 is 16.9 Å². The number of hydrogen-bond donors (Lipinski definition) is 3. The number of piperidine rings is 1. The van der Waals surface area contributed by atoms with Gasteiger partial charge in [-0.25, -0.2) is 4.98 Å². The Bertz CT molecular complexity index is 666. The molecule has 0 saturated carbocycles. The van der Waals surface area contributed by atoms with Crippen LogP contribution in [0.15, 0.2) is 24.3 Å². The number of fused-ring (bicyclic) bond motifs is 1. The van der Waals surface area contributed by atoms with Gasteiger partial charge in [0.15, 0.2) is 5.82 Å². The molecule has 2 aromatic rings. The van der Waals surface area contributed by atoms with E-state index in [9.17, 15) is 15.0 Å². The summed E-state index contributed by atoms with van der Waals surface area (Å²) in [5.41, 5.74) is 1.09. The summed E-state index contributed by atoms with van der Waals surface area (Å²) in [5.74, 6) is 0.0914. The van der Waals surface area contributed by atoms with E-state index >= 15 is 0 Å². The molecule has 6 nitrogen and oxygen atoms in total. The summed E-state index contributed by atoms with van der Waals surface area (Å²) in [6.45, 7) is 2.74. The van der Waals surface area contributed by atoms with Crippen LogP contribution >= 0.6 is 0 Å². The minimum atomic E-state index is -0.713. The van der Waals surface area contributed by atoms with Crippen LogP contribution in [-0.4, -0.2) is 56.8 Å². The van der Waals surface area contributed by atoms with Crippen LogP contribution in [-0.2, 0) is 0 Å². The Morgan fingerprint density at radius 3 is 2.91 bits per heavy atom. The number of aliphatic hydroxyl groups is 2. The number of aromatic amines is 1. The van der Waals surface area contributed by atoms with Crippen molar-refractivity contribution in [2.75, 3.05) is 19.7 Å². The lowest BCUT2D eigenvalue weighted by atomic mass is 9.73. The molecule has 23 heavy (non-hydrogen) atoms. The second kappa shape index (κ2) is 6.29. The van der Waals surface area contributed by atoms with Crippen molar-refractivity contribution in [3.05, 3.63) is 30.1 Å². The van der Waals surface area contributed by atoms with Gasteiger partial charge in [-0.2, -0.15) is 0 Å². The van der Waals surface area contributed by atoms with E-state index in [0.29, 0.717) is 18.8 Å². The summed E-state index contributed by atoms with van der Waals surface area (Å²) in [4.78, 5) is 21.6. The first-order valence-corrected chi connectivity index (χ1v) is 8.12. The van der Waals surface area contributed by atoms with Crippen molar-refractivity contribution in [3.8, 4) is 0 Å². The van der Waals surface area contributed by atoms with Crippen LogP contribution in [0.25, 0.3) is 11.0 Å². The zero-order chi connectivity index (χ0) is 16.4. The van der Waals surface area contributed by atoms with Gasteiger partial charge >= 0.3 is 0 Å². The molecule has 3 rings (SSSR count). The number of rotatable bonds is 4. The minimum absolute atomic E-state index is 0.0469. The second-order valence-electron chi connectivity index (χ2n) is 6.39. The highest BCUT2D eigenvalue weighted by atomic mass is 16.3. The van der Waals surface area contributed by atoms with Gasteiger partial charge in [0.1, 0.15) is 0 Å². The van der Waals surface area contributed by atoms with Crippen molar-refractivity contribution in [2.24, 2.45) is 5.41 Å². The number of H-pyrrole nitrogens is 1. The molecule has 1 aliphatic heterocycles. The first-order chi connectivity index (χ1) is 11.1. The maximum Gasteiger partial charge on any atom is 0.289 e. The van der Waals surface area contributed by atoms with E-state index in [2.05, 4.69) is 9.97 Å². The molecule has 6 heteroatoms. The molecule has 2 atom stereocenters. The number of aromatic nitrogens is 2. The van der Waals surface area contributed by atoms with Crippen LogP contribution in [0, 0.1) is 5.41 Å². The molecule has 0 spiro atoms. The highest BCUT2D eigenvalue weighted by Gasteiger charge is 2.42. The average molecular weight is 317 g/mol. The maximum absolute atomic E-state index is 12.6. The van der Waals surface area contributed by atoms with Gasteiger partial charge in [-0.3, -0.25) is 4.79 Å². The van der Waals surface area contributed by atoms with E-state index < -0.39 is 11.5 Å². The molecule has 1 aromatic carbocycles. The Kier molecular flexibility index (Phi) is 4.37. The summed E-state index contributed by atoms with van der Waals surface area (Å²) < 4.78 is 0. The summed E-state index contributed by atoms with van der Waals surface area (Å²) in [6.07, 6.45) is 1.55. The number of para-hydroxylation sites is 2.